The maximum absolute atomic E-state index is 12.8. The Kier molecular flexibility index (Phi) is 6.62. The van der Waals surface area contributed by atoms with Crippen molar-refractivity contribution in [3.8, 4) is 11.5 Å². The normalized spacial score (nSPS) is 10.0. The lowest BCUT2D eigenvalue weighted by molar-refractivity contribution is 0.321. The van der Waals surface area contributed by atoms with E-state index in [1.807, 2.05) is 24.3 Å². The molecule has 2 N–H and O–H groups in total. The van der Waals surface area contributed by atoms with Gasteiger partial charge in [0.2, 0.25) is 0 Å². The number of halogens is 1. The lowest BCUT2D eigenvalue weighted by Crippen LogP contribution is -2.37. The van der Waals surface area contributed by atoms with Crippen LogP contribution in [0.25, 0.3) is 0 Å². The van der Waals surface area contributed by atoms with Crippen LogP contribution in [0.15, 0.2) is 48.5 Å². The average molecular weight is 334 g/mol. The molecule has 0 atom stereocenters. The molecule has 0 fully saturated rings. The summed E-state index contributed by atoms with van der Waals surface area (Å²) in [5.74, 6) is 1.32. The molecule has 0 bridgehead atoms. The van der Waals surface area contributed by atoms with Gasteiger partial charge in [-0.3, -0.25) is 0 Å². The maximum atomic E-state index is 12.8. The predicted octanol–water partition coefficient (Wildman–Crippen LogP) is 2.88. The van der Waals surface area contributed by atoms with Crippen LogP contribution in [0, 0.1) is 5.82 Å². The van der Waals surface area contributed by atoms with E-state index in [1.54, 1.807) is 19.2 Å². The lowest BCUT2D eigenvalue weighted by Gasteiger charge is -2.11. The highest BCUT2D eigenvalue weighted by Gasteiger charge is 1.98. The zero-order valence-electron chi connectivity index (χ0n) is 12.8. The maximum Gasteiger partial charge on any atom is 0.166 e. The third-order valence-corrected chi connectivity index (χ3v) is 3.37. The largest absolute Gasteiger partial charge is 0.497 e. The summed E-state index contributed by atoms with van der Waals surface area (Å²) in [5.41, 5.74) is 0.963. The molecule has 0 saturated carbocycles. The number of thiocarbonyl (C=S) groups is 1. The smallest absolute Gasteiger partial charge is 0.166 e. The third kappa shape index (κ3) is 6.12. The molecule has 2 aromatic carbocycles. The van der Waals surface area contributed by atoms with E-state index >= 15 is 0 Å². The first kappa shape index (κ1) is 17.0. The number of nitrogens with one attached hydrogen (secondary N) is 2. The summed E-state index contributed by atoms with van der Waals surface area (Å²) in [6.45, 7) is 1.62. The van der Waals surface area contributed by atoms with Gasteiger partial charge >= 0.3 is 0 Å². The zero-order chi connectivity index (χ0) is 16.5. The second kappa shape index (κ2) is 8.95. The van der Waals surface area contributed by atoms with Crippen molar-refractivity contribution in [2.24, 2.45) is 0 Å². The van der Waals surface area contributed by atoms with Crippen LogP contribution in [0.2, 0.25) is 0 Å². The zero-order valence-corrected chi connectivity index (χ0v) is 13.7. The van der Waals surface area contributed by atoms with Crippen molar-refractivity contribution in [2.75, 3.05) is 20.3 Å². The van der Waals surface area contributed by atoms with E-state index < -0.39 is 0 Å². The SMILES string of the molecule is COc1ccc(OCCNC(=S)NCc2ccc(F)cc2)cc1. The average Bonchev–Trinajstić information content (AvgIpc) is 2.59. The highest BCUT2D eigenvalue weighted by molar-refractivity contribution is 7.80. The highest BCUT2D eigenvalue weighted by Crippen LogP contribution is 2.16. The molecule has 0 aliphatic rings. The molecule has 0 aliphatic heterocycles. The first-order valence-electron chi connectivity index (χ1n) is 7.20. The van der Waals surface area contributed by atoms with Crippen molar-refractivity contribution in [1.82, 2.24) is 10.6 Å². The Labute approximate surface area is 140 Å². The topological polar surface area (TPSA) is 42.5 Å². The van der Waals surface area contributed by atoms with Gasteiger partial charge in [-0.2, -0.15) is 0 Å². The summed E-state index contributed by atoms with van der Waals surface area (Å²) < 4.78 is 23.5. The van der Waals surface area contributed by atoms with E-state index in [0.29, 0.717) is 24.8 Å². The molecule has 6 heteroatoms. The Morgan fingerprint density at radius 2 is 1.65 bits per heavy atom. The number of hydrogen-bond acceptors (Lipinski definition) is 3. The summed E-state index contributed by atoms with van der Waals surface area (Å²) >= 11 is 5.17. The first-order chi connectivity index (χ1) is 11.2. The van der Waals surface area contributed by atoms with E-state index in [0.717, 1.165) is 17.1 Å². The van der Waals surface area contributed by atoms with Gasteiger partial charge in [-0.25, -0.2) is 4.39 Å². The van der Waals surface area contributed by atoms with E-state index in [-0.39, 0.29) is 5.82 Å². The minimum absolute atomic E-state index is 0.245. The monoisotopic (exact) mass is 334 g/mol. The summed E-state index contributed by atoms with van der Waals surface area (Å²) in [7, 11) is 1.62. The molecule has 122 valence electrons. The van der Waals surface area contributed by atoms with Crippen LogP contribution in [0.4, 0.5) is 4.39 Å². The fourth-order valence-electron chi connectivity index (χ4n) is 1.85. The Hall–Kier alpha value is -2.34. The minimum Gasteiger partial charge on any atom is -0.497 e. The summed E-state index contributed by atoms with van der Waals surface area (Å²) in [4.78, 5) is 0. The second-order valence-electron chi connectivity index (χ2n) is 4.76. The number of methoxy groups -OCH3 is 1. The van der Waals surface area contributed by atoms with Gasteiger partial charge in [0.1, 0.15) is 23.9 Å². The van der Waals surface area contributed by atoms with Crippen LogP contribution in [-0.2, 0) is 6.54 Å². The minimum atomic E-state index is -0.245. The Bertz CT molecular complexity index is 617. The van der Waals surface area contributed by atoms with Gasteiger partial charge in [0, 0.05) is 6.54 Å². The highest BCUT2D eigenvalue weighted by atomic mass is 32.1. The fraction of sp³-hybridized carbons (Fsp3) is 0.235. The van der Waals surface area contributed by atoms with Gasteiger partial charge in [0.05, 0.1) is 13.7 Å². The van der Waals surface area contributed by atoms with Crippen LogP contribution in [0.1, 0.15) is 5.56 Å². The van der Waals surface area contributed by atoms with Crippen molar-refractivity contribution in [3.63, 3.8) is 0 Å². The first-order valence-corrected chi connectivity index (χ1v) is 7.61. The molecule has 2 rings (SSSR count). The number of benzene rings is 2. The number of hydrogen-bond donors (Lipinski definition) is 2. The van der Waals surface area contributed by atoms with Gasteiger partial charge < -0.3 is 20.1 Å². The Balaban J connectivity index is 1.61. The third-order valence-electron chi connectivity index (χ3n) is 3.08. The van der Waals surface area contributed by atoms with E-state index in [1.165, 1.54) is 12.1 Å². The Morgan fingerprint density at radius 3 is 2.30 bits per heavy atom. The van der Waals surface area contributed by atoms with E-state index in [9.17, 15) is 4.39 Å². The molecule has 0 spiro atoms. The molecule has 4 nitrogen and oxygen atoms in total. The standard InChI is InChI=1S/C17H19FN2O2S/c1-21-15-6-8-16(9-7-15)22-11-10-19-17(23)20-12-13-2-4-14(18)5-3-13/h2-9H,10-12H2,1H3,(H2,19,20,23). The Morgan fingerprint density at radius 1 is 1.00 bits per heavy atom. The van der Waals surface area contributed by atoms with Crippen molar-refractivity contribution in [3.05, 3.63) is 59.9 Å². The molecule has 0 aliphatic carbocycles. The molecule has 0 amide bonds. The molecular weight excluding hydrogens is 315 g/mol. The predicted molar refractivity (Wildman–Crippen MR) is 92.3 cm³/mol. The number of rotatable bonds is 7. The van der Waals surface area contributed by atoms with E-state index in [2.05, 4.69) is 10.6 Å². The van der Waals surface area contributed by atoms with Crippen LogP contribution in [-0.4, -0.2) is 25.4 Å². The summed E-state index contributed by atoms with van der Waals surface area (Å²) in [5, 5.41) is 6.65. The molecule has 0 saturated heterocycles. The van der Waals surface area contributed by atoms with Crippen LogP contribution in [0.3, 0.4) is 0 Å². The number of ether oxygens (including phenoxy) is 2. The van der Waals surface area contributed by atoms with Gasteiger partial charge in [0.15, 0.2) is 5.11 Å². The quantitative estimate of drug-likeness (QED) is 0.602. The molecule has 0 unspecified atom stereocenters. The summed E-state index contributed by atoms with van der Waals surface area (Å²) in [6, 6.07) is 13.7. The molecule has 0 radical (unpaired) electrons. The molecule has 0 heterocycles. The van der Waals surface area contributed by atoms with Gasteiger partial charge in [-0.05, 0) is 54.2 Å². The van der Waals surface area contributed by atoms with Crippen LogP contribution >= 0.6 is 12.2 Å². The van der Waals surface area contributed by atoms with Crippen molar-refractivity contribution in [1.29, 1.82) is 0 Å². The summed E-state index contributed by atoms with van der Waals surface area (Å²) in [6.07, 6.45) is 0. The van der Waals surface area contributed by atoms with Crippen molar-refractivity contribution < 1.29 is 13.9 Å². The molecule has 2 aromatic rings. The fourth-order valence-corrected chi connectivity index (χ4v) is 2.03. The van der Waals surface area contributed by atoms with Crippen molar-refractivity contribution >= 4 is 17.3 Å². The molecule has 23 heavy (non-hydrogen) atoms. The van der Waals surface area contributed by atoms with Gasteiger partial charge in [-0.15, -0.1) is 0 Å². The van der Waals surface area contributed by atoms with Crippen LogP contribution < -0.4 is 20.1 Å². The molecule has 0 aromatic heterocycles. The van der Waals surface area contributed by atoms with E-state index in [4.69, 9.17) is 21.7 Å². The van der Waals surface area contributed by atoms with Gasteiger partial charge in [0.25, 0.3) is 0 Å². The van der Waals surface area contributed by atoms with Crippen molar-refractivity contribution in [2.45, 2.75) is 6.54 Å². The van der Waals surface area contributed by atoms with Gasteiger partial charge in [-0.1, -0.05) is 12.1 Å². The molecular formula is C17H19FN2O2S. The van der Waals surface area contributed by atoms with Crippen LogP contribution in [0.5, 0.6) is 11.5 Å². The lowest BCUT2D eigenvalue weighted by atomic mass is 10.2. The second-order valence-corrected chi connectivity index (χ2v) is 5.17.